The van der Waals surface area contributed by atoms with E-state index in [0.717, 1.165) is 19.6 Å². The van der Waals surface area contributed by atoms with E-state index in [4.69, 9.17) is 0 Å². The van der Waals surface area contributed by atoms with Crippen LogP contribution in [-0.2, 0) is 4.74 Å². The first kappa shape index (κ1) is 15.9. The fraction of sp³-hybridized carbons (Fsp3) is 0.643. The number of anilines is 1. The third kappa shape index (κ3) is 4.01. The number of methoxy groups -OCH3 is 1. The number of rotatable bonds is 6. The van der Waals surface area contributed by atoms with E-state index in [1.165, 1.54) is 38.2 Å². The number of aromatic nitrogens is 1. The number of ketones is 1. The van der Waals surface area contributed by atoms with Crippen molar-refractivity contribution in [3.8, 4) is 0 Å². The van der Waals surface area contributed by atoms with Crippen LogP contribution >= 0.6 is 11.3 Å². The van der Waals surface area contributed by atoms with Crippen LogP contribution in [0.15, 0.2) is 0 Å². The van der Waals surface area contributed by atoms with E-state index >= 15 is 0 Å². The summed E-state index contributed by atoms with van der Waals surface area (Å²) in [5.74, 6) is -0.746. The van der Waals surface area contributed by atoms with Gasteiger partial charge in [-0.05, 0) is 32.9 Å². The number of carbonyl (C=O) groups is 2. The van der Waals surface area contributed by atoms with Crippen molar-refractivity contribution in [2.24, 2.45) is 0 Å². The number of carbonyl (C=O) groups excluding carboxylic acids is 2. The Morgan fingerprint density at radius 1 is 1.43 bits per heavy atom. The summed E-state index contributed by atoms with van der Waals surface area (Å²) in [5, 5.41) is 3.86. The molecule has 0 aliphatic carbocycles. The molecule has 2 heterocycles. The number of nitrogens with one attached hydrogen (secondary N) is 1. The molecule has 0 radical (unpaired) electrons. The first-order valence-corrected chi connectivity index (χ1v) is 7.92. The molecule has 1 aromatic rings. The van der Waals surface area contributed by atoms with Crippen molar-refractivity contribution >= 4 is 28.2 Å². The molecule has 6 nitrogen and oxygen atoms in total. The van der Waals surface area contributed by atoms with Crippen LogP contribution in [0.3, 0.4) is 0 Å². The van der Waals surface area contributed by atoms with Gasteiger partial charge in [-0.25, -0.2) is 9.78 Å². The van der Waals surface area contributed by atoms with Gasteiger partial charge in [0.25, 0.3) is 0 Å². The molecule has 0 spiro atoms. The minimum Gasteiger partial charge on any atom is -0.464 e. The lowest BCUT2D eigenvalue weighted by Gasteiger charge is -2.20. The van der Waals surface area contributed by atoms with E-state index in [1.54, 1.807) is 0 Å². The summed E-state index contributed by atoms with van der Waals surface area (Å²) >= 11 is 1.21. The van der Waals surface area contributed by atoms with Crippen molar-refractivity contribution in [3.63, 3.8) is 0 Å². The molecule has 116 valence electrons. The summed E-state index contributed by atoms with van der Waals surface area (Å²) in [7, 11) is 1.29. The number of esters is 1. The third-order valence-electron chi connectivity index (χ3n) is 3.43. The number of nitrogens with zero attached hydrogens (tertiary/aromatic N) is 2. The van der Waals surface area contributed by atoms with Gasteiger partial charge >= 0.3 is 5.97 Å². The van der Waals surface area contributed by atoms with E-state index in [0.29, 0.717) is 10.0 Å². The van der Waals surface area contributed by atoms with E-state index < -0.39 is 5.97 Å². The average molecular weight is 311 g/mol. The van der Waals surface area contributed by atoms with Crippen molar-refractivity contribution in [3.05, 3.63) is 10.6 Å². The van der Waals surface area contributed by atoms with E-state index in [-0.39, 0.29) is 17.5 Å². The monoisotopic (exact) mass is 311 g/mol. The summed E-state index contributed by atoms with van der Waals surface area (Å²) in [6.07, 6.45) is 2.51. The van der Waals surface area contributed by atoms with Crippen molar-refractivity contribution in [1.82, 2.24) is 9.88 Å². The minimum atomic E-state index is -0.573. The van der Waals surface area contributed by atoms with Gasteiger partial charge in [-0.3, -0.25) is 4.79 Å². The number of ether oxygens (including phenoxy) is 1. The first-order chi connectivity index (χ1) is 10.0. The highest BCUT2D eigenvalue weighted by atomic mass is 32.1. The topological polar surface area (TPSA) is 71.5 Å². The lowest BCUT2D eigenvalue weighted by molar-refractivity contribution is 0.0591. The Kier molecular flexibility index (Phi) is 5.30. The predicted octanol–water partition coefficient (Wildman–Crippen LogP) is 2.03. The zero-order valence-corrected chi connectivity index (χ0v) is 13.5. The van der Waals surface area contributed by atoms with Gasteiger partial charge in [0.15, 0.2) is 16.6 Å². The molecule has 2 rings (SSSR count). The van der Waals surface area contributed by atoms with Crippen molar-refractivity contribution in [2.75, 3.05) is 32.1 Å². The summed E-state index contributed by atoms with van der Waals surface area (Å²) in [5.41, 5.74) is 0.103. The molecular weight excluding hydrogens is 290 g/mol. The SMILES string of the molecule is COC(=O)c1nc(NC(C)CN2CCCC2)sc1C(C)=O. The minimum absolute atomic E-state index is 0.103. The van der Waals surface area contributed by atoms with Crippen LogP contribution in [-0.4, -0.2) is 54.4 Å². The van der Waals surface area contributed by atoms with Gasteiger partial charge in [0.2, 0.25) is 0 Å². The second kappa shape index (κ2) is 7.00. The van der Waals surface area contributed by atoms with Gasteiger partial charge in [-0.2, -0.15) is 0 Å². The van der Waals surface area contributed by atoms with Gasteiger partial charge < -0.3 is 15.0 Å². The van der Waals surface area contributed by atoms with Crippen LogP contribution in [0.25, 0.3) is 0 Å². The van der Waals surface area contributed by atoms with Crippen molar-refractivity contribution in [1.29, 1.82) is 0 Å². The number of Topliss-reactive ketones (excluding diaryl/α,β-unsaturated/α-hetero) is 1. The third-order valence-corrected chi connectivity index (χ3v) is 4.51. The quantitative estimate of drug-likeness (QED) is 0.640. The van der Waals surface area contributed by atoms with E-state index in [1.807, 2.05) is 0 Å². The molecule has 21 heavy (non-hydrogen) atoms. The maximum Gasteiger partial charge on any atom is 0.358 e. The van der Waals surface area contributed by atoms with E-state index in [9.17, 15) is 9.59 Å². The molecule has 1 aliphatic heterocycles. The number of likely N-dealkylation sites (tertiary alicyclic amines) is 1. The molecule has 1 aromatic heterocycles. The van der Waals surface area contributed by atoms with Crippen LogP contribution < -0.4 is 5.32 Å². The molecule has 1 saturated heterocycles. The standard InChI is InChI=1S/C14H21N3O3S/c1-9(8-17-6-4-5-7-17)15-14-16-11(13(19)20-3)12(21-14)10(2)18/h9H,4-8H2,1-3H3,(H,15,16). The smallest absolute Gasteiger partial charge is 0.358 e. The summed E-state index contributed by atoms with van der Waals surface area (Å²) < 4.78 is 4.67. The van der Waals surface area contributed by atoms with Crippen LogP contribution in [0.4, 0.5) is 5.13 Å². The maximum atomic E-state index is 11.7. The predicted molar refractivity (Wildman–Crippen MR) is 82.2 cm³/mol. The second-order valence-corrected chi connectivity index (χ2v) is 6.30. The van der Waals surface area contributed by atoms with Crippen LogP contribution in [0.1, 0.15) is 46.8 Å². The second-order valence-electron chi connectivity index (χ2n) is 5.30. The molecule has 1 unspecified atom stereocenters. The highest BCUT2D eigenvalue weighted by Gasteiger charge is 2.23. The Morgan fingerprint density at radius 2 is 2.10 bits per heavy atom. The summed E-state index contributed by atoms with van der Waals surface area (Å²) in [6, 6.07) is 0.208. The van der Waals surface area contributed by atoms with Gasteiger partial charge in [-0.15, -0.1) is 0 Å². The number of hydrogen-bond donors (Lipinski definition) is 1. The molecule has 7 heteroatoms. The number of hydrogen-bond acceptors (Lipinski definition) is 7. The Balaban J connectivity index is 2.05. The molecule has 1 aliphatic rings. The summed E-state index contributed by atoms with van der Waals surface area (Å²) in [4.78, 5) is 30.2. The molecule has 0 saturated carbocycles. The Morgan fingerprint density at radius 3 is 2.67 bits per heavy atom. The maximum absolute atomic E-state index is 11.7. The molecule has 1 N–H and O–H groups in total. The molecule has 0 aromatic carbocycles. The fourth-order valence-corrected chi connectivity index (χ4v) is 3.42. The Hall–Kier alpha value is -1.47. The molecule has 1 fully saturated rings. The van der Waals surface area contributed by atoms with E-state index in [2.05, 4.69) is 26.9 Å². The Labute approximate surface area is 128 Å². The average Bonchev–Trinajstić information content (AvgIpc) is 3.07. The van der Waals surface area contributed by atoms with Crippen LogP contribution in [0.2, 0.25) is 0 Å². The van der Waals surface area contributed by atoms with Gasteiger partial charge in [0.1, 0.15) is 4.88 Å². The largest absolute Gasteiger partial charge is 0.464 e. The molecular formula is C14H21N3O3S. The normalized spacial score (nSPS) is 16.7. The molecule has 0 bridgehead atoms. The van der Waals surface area contributed by atoms with Crippen molar-refractivity contribution in [2.45, 2.75) is 32.7 Å². The van der Waals surface area contributed by atoms with Crippen LogP contribution in [0, 0.1) is 0 Å². The lowest BCUT2D eigenvalue weighted by atomic mass is 10.3. The Bertz CT molecular complexity index is 524. The highest BCUT2D eigenvalue weighted by Crippen LogP contribution is 2.25. The lowest BCUT2D eigenvalue weighted by Crippen LogP contribution is -2.32. The first-order valence-electron chi connectivity index (χ1n) is 7.10. The van der Waals surface area contributed by atoms with Gasteiger partial charge in [0.05, 0.1) is 7.11 Å². The fourth-order valence-electron chi connectivity index (χ4n) is 2.46. The highest BCUT2D eigenvalue weighted by molar-refractivity contribution is 7.17. The molecule has 0 amide bonds. The zero-order chi connectivity index (χ0) is 15.4. The van der Waals surface area contributed by atoms with Gasteiger partial charge in [0, 0.05) is 19.5 Å². The van der Waals surface area contributed by atoms with Crippen LogP contribution in [0.5, 0.6) is 0 Å². The molecule has 1 atom stereocenters. The summed E-state index contributed by atoms with van der Waals surface area (Å²) in [6.45, 7) is 6.71. The zero-order valence-electron chi connectivity index (χ0n) is 12.6. The van der Waals surface area contributed by atoms with Crippen molar-refractivity contribution < 1.29 is 14.3 Å². The van der Waals surface area contributed by atoms with Gasteiger partial charge in [-0.1, -0.05) is 11.3 Å². The number of thiazole rings is 1.